The molecule has 1 saturated heterocycles. The number of nitrogens with one attached hydrogen (secondary N) is 1. The van der Waals surface area contributed by atoms with Crippen LogP contribution in [0.25, 0.3) is 0 Å². The molecule has 2 rings (SSSR count). The van der Waals surface area contributed by atoms with Crippen molar-refractivity contribution in [2.24, 2.45) is 0 Å². The van der Waals surface area contributed by atoms with Crippen LogP contribution in [-0.4, -0.2) is 41.5 Å². The predicted octanol–water partition coefficient (Wildman–Crippen LogP) is 1.69. The lowest BCUT2D eigenvalue weighted by Gasteiger charge is -2.32. The molecular formula is C14H21N3O. The average Bonchev–Trinajstić information content (AvgIpc) is 2.46. The Kier molecular flexibility index (Phi) is 4.70. The van der Waals surface area contributed by atoms with Crippen LogP contribution in [0.3, 0.4) is 0 Å². The van der Waals surface area contributed by atoms with E-state index in [2.05, 4.69) is 17.2 Å². The van der Waals surface area contributed by atoms with E-state index in [1.165, 1.54) is 0 Å². The third-order valence-electron chi connectivity index (χ3n) is 3.35. The van der Waals surface area contributed by atoms with Gasteiger partial charge in [0.1, 0.15) is 5.69 Å². The molecule has 1 aliphatic heterocycles. The fourth-order valence-electron chi connectivity index (χ4n) is 2.29. The van der Waals surface area contributed by atoms with E-state index in [9.17, 15) is 4.79 Å². The second-order valence-corrected chi connectivity index (χ2v) is 4.74. The summed E-state index contributed by atoms with van der Waals surface area (Å²) in [6, 6.07) is 6.04. The van der Waals surface area contributed by atoms with Crippen LogP contribution in [0.15, 0.2) is 24.4 Å². The highest BCUT2D eigenvalue weighted by atomic mass is 16.2. The molecule has 0 atom stereocenters. The SMILES string of the molecule is CCCNC1CCN(C(=O)c2ccccn2)CC1. The van der Waals surface area contributed by atoms with Crippen LogP contribution >= 0.6 is 0 Å². The maximum Gasteiger partial charge on any atom is 0.272 e. The minimum Gasteiger partial charge on any atom is -0.337 e. The van der Waals surface area contributed by atoms with E-state index in [0.717, 1.165) is 38.9 Å². The zero-order valence-corrected chi connectivity index (χ0v) is 10.9. The van der Waals surface area contributed by atoms with Crippen molar-refractivity contribution < 1.29 is 4.79 Å². The van der Waals surface area contributed by atoms with Crippen LogP contribution in [0.5, 0.6) is 0 Å². The Hall–Kier alpha value is -1.42. The maximum absolute atomic E-state index is 12.2. The molecule has 4 nitrogen and oxygen atoms in total. The standard InChI is InChI=1S/C14H21N3O/c1-2-8-15-12-6-10-17(11-7-12)14(18)13-5-3-4-9-16-13/h3-5,9,12,15H,2,6-8,10-11H2,1H3. The summed E-state index contributed by atoms with van der Waals surface area (Å²) in [5.74, 6) is 0.0598. The fourth-order valence-corrected chi connectivity index (χ4v) is 2.29. The molecular weight excluding hydrogens is 226 g/mol. The van der Waals surface area contributed by atoms with Crippen LogP contribution < -0.4 is 5.32 Å². The van der Waals surface area contributed by atoms with Crippen LogP contribution in [0.2, 0.25) is 0 Å². The van der Waals surface area contributed by atoms with Gasteiger partial charge in [-0.25, -0.2) is 0 Å². The van der Waals surface area contributed by atoms with E-state index in [4.69, 9.17) is 0 Å². The molecule has 0 spiro atoms. The molecule has 0 bridgehead atoms. The lowest BCUT2D eigenvalue weighted by molar-refractivity contribution is 0.0699. The Morgan fingerprint density at radius 2 is 2.22 bits per heavy atom. The van der Waals surface area contributed by atoms with E-state index in [-0.39, 0.29) is 5.91 Å². The monoisotopic (exact) mass is 247 g/mol. The molecule has 98 valence electrons. The molecule has 0 saturated carbocycles. The normalized spacial score (nSPS) is 16.8. The first kappa shape index (κ1) is 13.0. The molecule has 0 aliphatic carbocycles. The number of aromatic nitrogens is 1. The van der Waals surface area contributed by atoms with Gasteiger partial charge in [-0.15, -0.1) is 0 Å². The molecule has 0 unspecified atom stereocenters. The van der Waals surface area contributed by atoms with Crippen molar-refractivity contribution in [1.29, 1.82) is 0 Å². The minimum absolute atomic E-state index is 0.0598. The summed E-state index contributed by atoms with van der Waals surface area (Å²) in [5, 5.41) is 3.52. The third-order valence-corrected chi connectivity index (χ3v) is 3.35. The van der Waals surface area contributed by atoms with Gasteiger partial charge < -0.3 is 10.2 Å². The summed E-state index contributed by atoms with van der Waals surface area (Å²) in [4.78, 5) is 18.2. The fraction of sp³-hybridized carbons (Fsp3) is 0.571. The molecule has 0 radical (unpaired) electrons. The van der Waals surface area contributed by atoms with Gasteiger partial charge in [0.15, 0.2) is 0 Å². The number of likely N-dealkylation sites (tertiary alicyclic amines) is 1. The number of carbonyl (C=O) groups is 1. The molecule has 1 fully saturated rings. The van der Waals surface area contributed by atoms with Crippen LogP contribution in [0.4, 0.5) is 0 Å². The lowest BCUT2D eigenvalue weighted by atomic mass is 10.0. The van der Waals surface area contributed by atoms with E-state index < -0.39 is 0 Å². The summed E-state index contributed by atoms with van der Waals surface area (Å²) in [6.07, 6.45) is 4.91. The lowest BCUT2D eigenvalue weighted by Crippen LogP contribution is -2.45. The van der Waals surface area contributed by atoms with E-state index in [0.29, 0.717) is 11.7 Å². The largest absolute Gasteiger partial charge is 0.337 e. The Morgan fingerprint density at radius 3 is 2.83 bits per heavy atom. The van der Waals surface area contributed by atoms with Gasteiger partial charge in [-0.2, -0.15) is 0 Å². The van der Waals surface area contributed by atoms with Crippen molar-refractivity contribution in [3.8, 4) is 0 Å². The predicted molar refractivity (Wildman–Crippen MR) is 71.5 cm³/mol. The topological polar surface area (TPSA) is 45.2 Å². The molecule has 1 amide bonds. The molecule has 18 heavy (non-hydrogen) atoms. The second kappa shape index (κ2) is 6.50. The number of amides is 1. The van der Waals surface area contributed by atoms with Crippen LogP contribution in [-0.2, 0) is 0 Å². The molecule has 4 heteroatoms. The first-order chi connectivity index (χ1) is 8.81. The number of pyridine rings is 1. The van der Waals surface area contributed by atoms with Gasteiger partial charge in [0.25, 0.3) is 5.91 Å². The van der Waals surface area contributed by atoms with Gasteiger partial charge in [-0.05, 0) is 37.9 Å². The maximum atomic E-state index is 12.2. The van der Waals surface area contributed by atoms with E-state index in [1.54, 1.807) is 12.3 Å². The van der Waals surface area contributed by atoms with Crippen LogP contribution in [0, 0.1) is 0 Å². The van der Waals surface area contributed by atoms with Crippen molar-refractivity contribution in [1.82, 2.24) is 15.2 Å². The summed E-state index contributed by atoms with van der Waals surface area (Å²) in [5.41, 5.74) is 0.553. The molecule has 2 heterocycles. The van der Waals surface area contributed by atoms with Gasteiger partial charge in [-0.1, -0.05) is 13.0 Å². The number of piperidine rings is 1. The highest BCUT2D eigenvalue weighted by Crippen LogP contribution is 2.12. The van der Waals surface area contributed by atoms with Crippen molar-refractivity contribution in [3.05, 3.63) is 30.1 Å². The smallest absolute Gasteiger partial charge is 0.272 e. The van der Waals surface area contributed by atoms with Crippen molar-refractivity contribution >= 4 is 5.91 Å². The van der Waals surface area contributed by atoms with Crippen molar-refractivity contribution in [3.63, 3.8) is 0 Å². The molecule has 1 aromatic rings. The Balaban J connectivity index is 1.84. The highest BCUT2D eigenvalue weighted by Gasteiger charge is 2.23. The summed E-state index contributed by atoms with van der Waals surface area (Å²) >= 11 is 0. The van der Waals surface area contributed by atoms with E-state index in [1.807, 2.05) is 17.0 Å². The number of carbonyl (C=O) groups excluding carboxylic acids is 1. The van der Waals surface area contributed by atoms with Gasteiger partial charge in [-0.3, -0.25) is 9.78 Å². The number of hydrogen-bond acceptors (Lipinski definition) is 3. The first-order valence-corrected chi connectivity index (χ1v) is 6.75. The Morgan fingerprint density at radius 1 is 1.44 bits per heavy atom. The summed E-state index contributed by atoms with van der Waals surface area (Å²) in [6.45, 7) is 4.90. The van der Waals surface area contributed by atoms with Gasteiger partial charge in [0.2, 0.25) is 0 Å². The molecule has 1 aromatic heterocycles. The molecule has 1 aliphatic rings. The van der Waals surface area contributed by atoms with E-state index >= 15 is 0 Å². The second-order valence-electron chi connectivity index (χ2n) is 4.74. The van der Waals surface area contributed by atoms with Crippen LogP contribution in [0.1, 0.15) is 36.7 Å². The number of nitrogens with zero attached hydrogens (tertiary/aromatic N) is 2. The Bertz CT molecular complexity index is 372. The number of hydrogen-bond donors (Lipinski definition) is 1. The van der Waals surface area contributed by atoms with Crippen molar-refractivity contribution in [2.75, 3.05) is 19.6 Å². The zero-order valence-electron chi connectivity index (χ0n) is 10.9. The minimum atomic E-state index is 0.0598. The summed E-state index contributed by atoms with van der Waals surface area (Å²) < 4.78 is 0. The molecule has 0 aromatic carbocycles. The first-order valence-electron chi connectivity index (χ1n) is 6.75. The highest BCUT2D eigenvalue weighted by molar-refractivity contribution is 5.92. The third kappa shape index (κ3) is 3.29. The van der Waals surface area contributed by atoms with Gasteiger partial charge >= 0.3 is 0 Å². The molecule has 1 N–H and O–H groups in total. The van der Waals surface area contributed by atoms with Crippen molar-refractivity contribution in [2.45, 2.75) is 32.2 Å². The zero-order chi connectivity index (χ0) is 12.8. The quantitative estimate of drug-likeness (QED) is 0.880. The van der Waals surface area contributed by atoms with Gasteiger partial charge in [0, 0.05) is 25.3 Å². The average molecular weight is 247 g/mol. The summed E-state index contributed by atoms with van der Waals surface area (Å²) in [7, 11) is 0. The Labute approximate surface area is 108 Å². The van der Waals surface area contributed by atoms with Gasteiger partial charge in [0.05, 0.1) is 0 Å². The number of rotatable bonds is 4.